The molecule has 6 N–H and O–H groups in total. The quantitative estimate of drug-likeness (QED) is 0.0699. The molecule has 0 atom stereocenters. The van der Waals surface area contributed by atoms with E-state index in [1.807, 2.05) is 79.7 Å². The summed E-state index contributed by atoms with van der Waals surface area (Å²) >= 11 is 0. The fourth-order valence-corrected chi connectivity index (χ4v) is 5.81. The van der Waals surface area contributed by atoms with Crippen molar-refractivity contribution in [1.29, 1.82) is 0 Å². The van der Waals surface area contributed by atoms with E-state index in [9.17, 15) is 14.4 Å². The summed E-state index contributed by atoms with van der Waals surface area (Å²) in [6.07, 6.45) is 0. The molecule has 0 fully saturated rings. The van der Waals surface area contributed by atoms with Gasteiger partial charge in [-0.15, -0.1) is 0 Å². The highest BCUT2D eigenvalue weighted by atomic mass is 16.1. The zero-order valence-electron chi connectivity index (χ0n) is 38.6. The van der Waals surface area contributed by atoms with Gasteiger partial charge in [-0.1, -0.05) is 41.5 Å². The Bertz CT molecular complexity index is 1570. The van der Waals surface area contributed by atoms with Crippen LogP contribution >= 0.6 is 0 Å². The lowest BCUT2D eigenvalue weighted by Crippen LogP contribution is -2.15. The van der Waals surface area contributed by atoms with Crippen LogP contribution in [0.3, 0.4) is 0 Å². The maximum absolute atomic E-state index is 12.2. The highest BCUT2D eigenvalue weighted by Gasteiger charge is 2.18. The van der Waals surface area contributed by atoms with Crippen LogP contribution in [0.2, 0.25) is 0 Å². The van der Waals surface area contributed by atoms with Crippen LogP contribution in [0.5, 0.6) is 0 Å². The molecule has 57 heavy (non-hydrogen) atoms. The lowest BCUT2D eigenvalue weighted by Gasteiger charge is -2.18. The van der Waals surface area contributed by atoms with E-state index in [1.165, 1.54) is 0 Å². The predicted molar refractivity (Wildman–Crippen MR) is 249 cm³/mol. The molecule has 3 aromatic rings. The van der Waals surface area contributed by atoms with Crippen molar-refractivity contribution in [2.75, 3.05) is 31.9 Å². The lowest BCUT2D eigenvalue weighted by molar-refractivity contribution is 0.0929. The molecule has 0 radical (unpaired) electrons. The minimum absolute atomic E-state index is 0.0150. The van der Waals surface area contributed by atoms with Crippen molar-refractivity contribution in [2.24, 2.45) is 17.8 Å². The number of carbonyl (C=O) groups is 3. The van der Waals surface area contributed by atoms with Crippen molar-refractivity contribution in [1.82, 2.24) is 0 Å². The second-order valence-corrected chi connectivity index (χ2v) is 17.7. The summed E-state index contributed by atoms with van der Waals surface area (Å²) in [6, 6.07) is 20.0. The molecule has 0 saturated carbocycles. The number of Topliss-reactive ketones (excluding diaryl/α,β-unsaturated/α-hetero) is 3. The SMILES string of the molecule is CC(C)Nc1cc(C(=O)C(C)C)cc(C(=O)C(C)C)c1.CC(C)Nc1cc(NC(C)C)cc(C(=O)C(C)C)c1.CC(C)Nc1cc(NC(C)C)cc(NC(C)C)c1. The van der Waals surface area contributed by atoms with E-state index >= 15 is 0 Å². The molecule has 0 amide bonds. The number of benzene rings is 3. The Morgan fingerprint density at radius 3 is 0.614 bits per heavy atom. The van der Waals surface area contributed by atoms with Gasteiger partial charge in [-0.3, -0.25) is 14.4 Å². The van der Waals surface area contributed by atoms with Crippen molar-refractivity contribution >= 4 is 51.5 Å². The molecule has 318 valence electrons. The number of nitrogens with one attached hydrogen (secondary N) is 6. The third-order valence-corrected chi connectivity index (χ3v) is 7.96. The Labute approximate surface area is 346 Å². The van der Waals surface area contributed by atoms with E-state index in [2.05, 4.69) is 125 Å². The summed E-state index contributed by atoms with van der Waals surface area (Å²) in [5, 5.41) is 20.3. The van der Waals surface area contributed by atoms with Crippen molar-refractivity contribution in [3.8, 4) is 0 Å². The summed E-state index contributed by atoms with van der Waals surface area (Å²) in [7, 11) is 0. The zero-order valence-corrected chi connectivity index (χ0v) is 38.6. The number of hydrogen-bond acceptors (Lipinski definition) is 9. The van der Waals surface area contributed by atoms with Gasteiger partial charge in [0, 0.05) is 105 Å². The Balaban J connectivity index is 0.000000428. The normalized spacial score (nSPS) is 11.2. The first-order valence-corrected chi connectivity index (χ1v) is 21.0. The molecule has 0 aliphatic heterocycles. The van der Waals surface area contributed by atoms with Gasteiger partial charge in [0.1, 0.15) is 0 Å². The summed E-state index contributed by atoms with van der Waals surface area (Å²) < 4.78 is 0. The van der Waals surface area contributed by atoms with Crippen LogP contribution in [0.15, 0.2) is 54.6 Å². The van der Waals surface area contributed by atoms with Crippen molar-refractivity contribution in [3.05, 3.63) is 71.3 Å². The van der Waals surface area contributed by atoms with E-state index < -0.39 is 0 Å². The largest absolute Gasteiger partial charge is 0.383 e. The Morgan fingerprint density at radius 1 is 0.281 bits per heavy atom. The molecular weight excluding hydrogens is 709 g/mol. The van der Waals surface area contributed by atoms with Gasteiger partial charge in [-0.05, 0) is 138 Å². The zero-order chi connectivity index (χ0) is 43.7. The predicted octanol–water partition coefficient (Wildman–Crippen LogP) is 12.5. The van der Waals surface area contributed by atoms with Gasteiger partial charge in [0.05, 0.1) is 0 Å². The standard InChI is InChI=1S/C17H25NO2.C16H26N2O.C15H27N3/c1-10(2)16(19)13-7-14(17(20)11(3)4)9-15(8-13)18-12(5)6;1-10(2)16(19)13-7-14(17-11(3)4)9-15(8-13)18-12(5)6;1-10(2)16-13-7-14(17-11(3)4)9-15(8-13)18-12(5)6/h7-12,18H,1-6H3;7-12,17-18H,1-6H3;7-12,16-18H,1-6H3. The first kappa shape index (κ1) is 50.5. The van der Waals surface area contributed by atoms with Gasteiger partial charge in [-0.25, -0.2) is 0 Å². The van der Waals surface area contributed by atoms with Crippen LogP contribution in [0.4, 0.5) is 34.1 Å². The number of carbonyl (C=O) groups excluding carboxylic acids is 3. The van der Waals surface area contributed by atoms with Crippen LogP contribution in [0.25, 0.3) is 0 Å². The highest BCUT2D eigenvalue weighted by Crippen LogP contribution is 2.26. The van der Waals surface area contributed by atoms with E-state index in [-0.39, 0.29) is 41.1 Å². The minimum Gasteiger partial charge on any atom is -0.383 e. The van der Waals surface area contributed by atoms with Gasteiger partial charge in [0.15, 0.2) is 17.3 Å². The third-order valence-electron chi connectivity index (χ3n) is 7.96. The lowest BCUT2D eigenvalue weighted by atomic mass is 9.94. The van der Waals surface area contributed by atoms with Gasteiger partial charge in [-0.2, -0.15) is 0 Å². The maximum atomic E-state index is 12.2. The minimum atomic E-state index is -0.0775. The smallest absolute Gasteiger partial charge is 0.165 e. The summed E-state index contributed by atoms with van der Waals surface area (Å²) in [4.78, 5) is 36.5. The number of rotatable bonds is 18. The van der Waals surface area contributed by atoms with E-state index in [0.29, 0.717) is 41.3 Å². The summed E-state index contributed by atoms with van der Waals surface area (Å²) in [5.74, 6) is 0.170. The van der Waals surface area contributed by atoms with Crippen molar-refractivity contribution in [2.45, 2.75) is 161 Å². The second kappa shape index (κ2) is 24.3. The average molecular weight is 787 g/mol. The van der Waals surface area contributed by atoms with Crippen LogP contribution in [0, 0.1) is 17.8 Å². The number of hydrogen-bond donors (Lipinski definition) is 6. The molecular formula is C48H78N6O3. The first-order valence-electron chi connectivity index (χ1n) is 21.0. The third kappa shape index (κ3) is 19.9. The van der Waals surface area contributed by atoms with Gasteiger partial charge in [0.2, 0.25) is 0 Å². The van der Waals surface area contributed by atoms with Crippen molar-refractivity contribution in [3.63, 3.8) is 0 Å². The molecule has 3 rings (SSSR count). The molecule has 0 aliphatic rings. The number of anilines is 6. The van der Waals surface area contributed by atoms with E-state index in [4.69, 9.17) is 0 Å². The second-order valence-electron chi connectivity index (χ2n) is 17.7. The fraction of sp³-hybridized carbons (Fsp3) is 0.562. The molecule has 0 aliphatic carbocycles. The summed E-state index contributed by atoms with van der Waals surface area (Å²) in [5.41, 5.74) is 8.24. The summed E-state index contributed by atoms with van der Waals surface area (Å²) in [6.45, 7) is 36.7. The average Bonchev–Trinajstić information content (AvgIpc) is 3.05. The van der Waals surface area contributed by atoms with Gasteiger partial charge in [0.25, 0.3) is 0 Å². The van der Waals surface area contributed by atoms with Gasteiger partial charge < -0.3 is 31.9 Å². The fourth-order valence-electron chi connectivity index (χ4n) is 5.81. The Hall–Kier alpha value is -4.53. The topological polar surface area (TPSA) is 123 Å². The maximum Gasteiger partial charge on any atom is 0.165 e. The monoisotopic (exact) mass is 787 g/mol. The van der Waals surface area contributed by atoms with Crippen LogP contribution in [-0.2, 0) is 0 Å². The molecule has 0 unspecified atom stereocenters. The molecule has 9 nitrogen and oxygen atoms in total. The molecule has 0 saturated heterocycles. The van der Waals surface area contributed by atoms with Crippen LogP contribution in [0.1, 0.15) is 156 Å². The van der Waals surface area contributed by atoms with E-state index in [1.54, 1.807) is 6.07 Å². The van der Waals surface area contributed by atoms with Crippen LogP contribution < -0.4 is 31.9 Å². The first-order chi connectivity index (χ1) is 26.4. The molecule has 0 spiro atoms. The highest BCUT2D eigenvalue weighted by molar-refractivity contribution is 6.04. The molecule has 0 heterocycles. The molecule has 9 heteroatoms. The molecule has 3 aromatic carbocycles. The van der Waals surface area contributed by atoms with Gasteiger partial charge >= 0.3 is 0 Å². The van der Waals surface area contributed by atoms with E-state index in [0.717, 1.165) is 39.7 Å². The molecule has 0 bridgehead atoms. The molecule has 0 aromatic heterocycles. The Kier molecular flexibility index (Phi) is 21.5. The number of ketones is 3. The van der Waals surface area contributed by atoms with Crippen molar-refractivity contribution < 1.29 is 14.4 Å². The van der Waals surface area contributed by atoms with Crippen LogP contribution in [-0.4, -0.2) is 53.6 Å². The Morgan fingerprint density at radius 2 is 0.439 bits per heavy atom.